The lowest BCUT2D eigenvalue weighted by Gasteiger charge is -2.26. The molecular weight excluding hydrogens is 1050 g/mol. The van der Waals surface area contributed by atoms with E-state index in [2.05, 4.69) is 111 Å². The minimum absolute atomic E-state index is 0.135. The molecule has 490 valence electrons. The molecule has 0 amide bonds. The van der Waals surface area contributed by atoms with E-state index in [9.17, 15) is 19.5 Å². The Morgan fingerprint density at radius 3 is 1.00 bits per heavy atom. The van der Waals surface area contributed by atoms with E-state index in [1.165, 1.54) is 193 Å². The van der Waals surface area contributed by atoms with Gasteiger partial charge < -0.3 is 33.3 Å². The number of nitrogens with zero attached hydrogens (tertiary/aromatic N) is 1. The van der Waals surface area contributed by atoms with Crippen molar-refractivity contribution in [2.24, 2.45) is 0 Å². The van der Waals surface area contributed by atoms with E-state index in [0.717, 1.165) is 83.5 Å². The van der Waals surface area contributed by atoms with E-state index in [4.69, 9.17) is 18.9 Å². The second-order valence-corrected chi connectivity index (χ2v) is 24.8. The summed E-state index contributed by atoms with van der Waals surface area (Å²) < 4.78 is 22.7. The second kappa shape index (κ2) is 66.2. The predicted octanol–water partition coefficient (Wildman–Crippen LogP) is 20.7. The van der Waals surface area contributed by atoms with Crippen LogP contribution in [0.15, 0.2) is 97.2 Å². The van der Waals surface area contributed by atoms with Crippen molar-refractivity contribution in [3.8, 4) is 0 Å². The molecule has 0 fully saturated rings. The summed E-state index contributed by atoms with van der Waals surface area (Å²) in [7, 11) is 5.91. The van der Waals surface area contributed by atoms with Gasteiger partial charge in [-0.2, -0.15) is 0 Å². The van der Waals surface area contributed by atoms with Gasteiger partial charge in [-0.25, -0.2) is 0 Å². The number of ether oxygens (including phenoxy) is 4. The Morgan fingerprint density at radius 1 is 0.365 bits per heavy atom. The molecule has 9 nitrogen and oxygen atoms in total. The zero-order chi connectivity index (χ0) is 61.9. The van der Waals surface area contributed by atoms with Gasteiger partial charge in [-0.15, -0.1) is 0 Å². The maximum atomic E-state index is 12.9. The number of allylic oxidation sites excluding steroid dienone is 16. The molecule has 85 heavy (non-hydrogen) atoms. The van der Waals surface area contributed by atoms with Gasteiger partial charge in [0.15, 0.2) is 12.4 Å². The highest BCUT2D eigenvalue weighted by atomic mass is 16.7. The summed E-state index contributed by atoms with van der Waals surface area (Å²) in [6.45, 7) is 4.61. The number of hydrogen-bond donors (Lipinski definition) is 0. The first kappa shape index (κ1) is 81.2. The number of aliphatic carboxylic acids is 1. The Balaban J connectivity index is 4.15. The third-order valence-corrected chi connectivity index (χ3v) is 15.3. The first-order chi connectivity index (χ1) is 41.6. The zero-order valence-electron chi connectivity index (χ0n) is 56.0. The lowest BCUT2D eigenvalue weighted by molar-refractivity contribution is -0.870. The van der Waals surface area contributed by atoms with Crippen molar-refractivity contribution in [2.75, 3.05) is 47.5 Å². The number of carboxylic acid groups (broad SMARTS) is 1. The third kappa shape index (κ3) is 67.6. The molecular formula is C76H133NO8. The van der Waals surface area contributed by atoms with E-state index >= 15 is 0 Å². The Hall–Kier alpha value is -3.79. The number of carboxylic acids is 1. The van der Waals surface area contributed by atoms with Gasteiger partial charge in [-0.3, -0.25) is 9.59 Å². The van der Waals surface area contributed by atoms with Crippen LogP contribution >= 0.6 is 0 Å². The van der Waals surface area contributed by atoms with Gasteiger partial charge in [-0.1, -0.05) is 317 Å². The minimum atomic E-state index is -1.64. The normalized spacial score (nSPS) is 13.3. The number of carbonyl (C=O) groups excluding carboxylic acids is 3. The monoisotopic (exact) mass is 1190 g/mol. The van der Waals surface area contributed by atoms with E-state index in [1.54, 1.807) is 0 Å². The van der Waals surface area contributed by atoms with Crippen LogP contribution in [0, 0.1) is 0 Å². The fourth-order valence-electron chi connectivity index (χ4n) is 9.97. The van der Waals surface area contributed by atoms with Crippen LogP contribution in [0.5, 0.6) is 0 Å². The molecule has 0 N–H and O–H groups in total. The number of esters is 2. The minimum Gasteiger partial charge on any atom is -0.545 e. The second-order valence-electron chi connectivity index (χ2n) is 24.8. The molecule has 0 rings (SSSR count). The Morgan fingerprint density at radius 2 is 0.671 bits per heavy atom. The number of carbonyl (C=O) groups is 3. The Kier molecular flexibility index (Phi) is 63.2. The quantitative estimate of drug-likeness (QED) is 0.0195. The van der Waals surface area contributed by atoms with Gasteiger partial charge in [-0.05, 0) is 77.0 Å². The fraction of sp³-hybridized carbons (Fsp3) is 0.750. The average molecular weight is 1190 g/mol. The van der Waals surface area contributed by atoms with Crippen LogP contribution in [-0.2, 0) is 33.3 Å². The van der Waals surface area contributed by atoms with E-state index < -0.39 is 24.3 Å². The van der Waals surface area contributed by atoms with E-state index in [-0.39, 0.29) is 38.6 Å². The summed E-state index contributed by atoms with van der Waals surface area (Å²) in [6, 6.07) is 0. The van der Waals surface area contributed by atoms with Crippen molar-refractivity contribution >= 4 is 17.9 Å². The first-order valence-electron chi connectivity index (χ1n) is 35.4. The summed E-state index contributed by atoms with van der Waals surface area (Å²) in [6.07, 6.45) is 88.0. The molecule has 2 unspecified atom stereocenters. The van der Waals surface area contributed by atoms with Crippen molar-refractivity contribution in [1.82, 2.24) is 0 Å². The van der Waals surface area contributed by atoms with Crippen LogP contribution in [0.2, 0.25) is 0 Å². The Bertz CT molecular complexity index is 1720. The van der Waals surface area contributed by atoms with Crippen LogP contribution in [0.1, 0.15) is 309 Å². The average Bonchev–Trinajstić information content (AvgIpc) is 3.48. The van der Waals surface area contributed by atoms with Gasteiger partial charge >= 0.3 is 11.9 Å². The molecule has 0 aliphatic rings. The standard InChI is InChI=1S/C76H133NO8/c1-6-8-10-12-14-16-18-20-22-24-26-28-30-32-34-35-36-37-38-39-41-42-44-46-48-50-52-54-56-58-60-62-64-66-73(78)83-70-72(71-84-76(75(80)81)82-69-68-77(3,4)5)85-74(79)67-65-63-61-59-57-55-53-51-49-47-45-43-40-33-31-29-27-25-23-21-19-17-15-13-11-9-7-2/h9,11,15,17,21,23,27,29,33,40,45,47,51,53,57,59,72,76H,6-8,10,12-14,16,18-20,22,24-26,28,30-32,34-39,41-44,46,48-50,52,54-56,58,60-71H2,1-5H3/b11-9-,17-15-,23-21-,29-27-,40-33-,47-45-,53-51-,59-57-. The smallest absolute Gasteiger partial charge is 0.306 e. The highest BCUT2D eigenvalue weighted by Crippen LogP contribution is 2.18. The lowest BCUT2D eigenvalue weighted by atomic mass is 10.0. The molecule has 2 atom stereocenters. The van der Waals surface area contributed by atoms with Crippen LogP contribution in [-0.4, -0.2) is 82.3 Å². The van der Waals surface area contributed by atoms with Crippen molar-refractivity contribution in [3.05, 3.63) is 97.2 Å². The van der Waals surface area contributed by atoms with Gasteiger partial charge in [0.05, 0.1) is 40.3 Å². The predicted molar refractivity (Wildman–Crippen MR) is 361 cm³/mol. The summed E-state index contributed by atoms with van der Waals surface area (Å²) in [5.41, 5.74) is 0. The van der Waals surface area contributed by atoms with E-state index in [0.29, 0.717) is 17.4 Å². The van der Waals surface area contributed by atoms with Crippen molar-refractivity contribution in [1.29, 1.82) is 0 Å². The fourth-order valence-corrected chi connectivity index (χ4v) is 9.97. The van der Waals surface area contributed by atoms with Gasteiger partial charge in [0.2, 0.25) is 0 Å². The molecule has 0 heterocycles. The first-order valence-corrected chi connectivity index (χ1v) is 35.4. The van der Waals surface area contributed by atoms with Crippen molar-refractivity contribution in [2.45, 2.75) is 322 Å². The highest BCUT2D eigenvalue weighted by molar-refractivity contribution is 5.70. The summed E-state index contributed by atoms with van der Waals surface area (Å²) in [5.74, 6) is -2.34. The third-order valence-electron chi connectivity index (χ3n) is 15.3. The number of rotatable bonds is 65. The summed E-state index contributed by atoms with van der Waals surface area (Å²) >= 11 is 0. The number of quaternary nitrogens is 1. The van der Waals surface area contributed by atoms with Crippen molar-refractivity contribution in [3.63, 3.8) is 0 Å². The zero-order valence-corrected chi connectivity index (χ0v) is 56.0. The molecule has 0 bridgehead atoms. The Labute approximate surface area is 524 Å². The lowest BCUT2D eigenvalue weighted by Crippen LogP contribution is -2.44. The molecule has 0 aromatic carbocycles. The number of hydrogen-bond acceptors (Lipinski definition) is 8. The van der Waals surface area contributed by atoms with Gasteiger partial charge in [0.1, 0.15) is 13.2 Å². The maximum absolute atomic E-state index is 12.9. The largest absolute Gasteiger partial charge is 0.545 e. The van der Waals surface area contributed by atoms with Crippen LogP contribution in [0.4, 0.5) is 0 Å². The van der Waals surface area contributed by atoms with Crippen LogP contribution < -0.4 is 5.11 Å². The molecule has 0 aliphatic heterocycles. The molecule has 0 saturated carbocycles. The topological polar surface area (TPSA) is 111 Å². The molecule has 9 heteroatoms. The van der Waals surface area contributed by atoms with Gasteiger partial charge in [0, 0.05) is 12.8 Å². The molecule has 0 aromatic rings. The van der Waals surface area contributed by atoms with Crippen molar-refractivity contribution < 1.29 is 42.9 Å². The van der Waals surface area contributed by atoms with Gasteiger partial charge in [0.25, 0.3) is 0 Å². The molecule has 0 aromatic heterocycles. The SMILES string of the molecule is CC/C=C\C/C=C\C/C=C\C/C=C\C/C=C\C/C=C\C/C=C\C/C=C\CCCCC(=O)OC(COC(=O)CCCCCCCCCCCCCCCCCCCCCCCCCCCCCCCCCCC)COC(OCC[N+](C)(C)C)C(=O)[O-]. The highest BCUT2D eigenvalue weighted by Gasteiger charge is 2.22. The summed E-state index contributed by atoms with van der Waals surface area (Å²) in [5, 5.41) is 11.8. The molecule has 0 radical (unpaired) electrons. The van der Waals surface area contributed by atoms with E-state index in [1.807, 2.05) is 21.1 Å². The molecule has 0 saturated heterocycles. The number of likely N-dealkylation sites (N-methyl/N-ethyl adjacent to an activating group) is 1. The molecule has 0 aliphatic carbocycles. The maximum Gasteiger partial charge on any atom is 0.306 e. The molecule has 0 spiro atoms. The van der Waals surface area contributed by atoms with Crippen LogP contribution in [0.3, 0.4) is 0 Å². The number of unbranched alkanes of at least 4 members (excludes halogenated alkanes) is 34. The summed E-state index contributed by atoms with van der Waals surface area (Å²) in [4.78, 5) is 37.5. The van der Waals surface area contributed by atoms with Crippen LogP contribution in [0.25, 0.3) is 0 Å².